The standard InChI is InChI=1S/C14H23NO4/c1-14(2,3)12(9-16)15(4)8-10-6-7-11(19-10)13(17)18-5/h6-7,12,16H,8-9H2,1-5H3. The molecule has 1 aromatic heterocycles. The van der Waals surface area contributed by atoms with Crippen molar-refractivity contribution in [2.75, 3.05) is 20.8 Å². The third kappa shape index (κ3) is 4.08. The molecule has 0 aliphatic rings. The third-order valence-corrected chi connectivity index (χ3v) is 3.16. The molecule has 0 saturated carbocycles. The van der Waals surface area contributed by atoms with Crippen LogP contribution in [0.15, 0.2) is 16.5 Å². The van der Waals surface area contributed by atoms with Gasteiger partial charge in [0.15, 0.2) is 0 Å². The highest BCUT2D eigenvalue weighted by Gasteiger charge is 2.28. The minimum atomic E-state index is -0.483. The van der Waals surface area contributed by atoms with Crippen molar-refractivity contribution in [2.24, 2.45) is 5.41 Å². The van der Waals surface area contributed by atoms with E-state index in [1.165, 1.54) is 7.11 Å². The largest absolute Gasteiger partial charge is 0.463 e. The number of carbonyl (C=O) groups is 1. The first-order valence-electron chi connectivity index (χ1n) is 6.27. The molecule has 0 amide bonds. The van der Waals surface area contributed by atoms with Gasteiger partial charge in [-0.1, -0.05) is 20.8 Å². The van der Waals surface area contributed by atoms with E-state index in [1.54, 1.807) is 12.1 Å². The molecule has 0 aliphatic heterocycles. The molecule has 1 rings (SSSR count). The number of esters is 1. The van der Waals surface area contributed by atoms with Crippen LogP contribution in [0.25, 0.3) is 0 Å². The lowest BCUT2D eigenvalue weighted by atomic mass is 9.86. The number of aliphatic hydroxyl groups excluding tert-OH is 1. The van der Waals surface area contributed by atoms with Crippen molar-refractivity contribution >= 4 is 5.97 Å². The summed E-state index contributed by atoms with van der Waals surface area (Å²) in [6.07, 6.45) is 0. The number of furan rings is 1. The van der Waals surface area contributed by atoms with Crippen LogP contribution in [0.3, 0.4) is 0 Å². The van der Waals surface area contributed by atoms with Gasteiger partial charge < -0.3 is 14.3 Å². The van der Waals surface area contributed by atoms with Crippen molar-refractivity contribution in [3.8, 4) is 0 Å². The molecule has 0 spiro atoms. The summed E-state index contributed by atoms with van der Waals surface area (Å²) < 4.78 is 10.0. The van der Waals surface area contributed by atoms with Gasteiger partial charge in [0, 0.05) is 6.04 Å². The predicted molar refractivity (Wildman–Crippen MR) is 71.8 cm³/mol. The van der Waals surface area contributed by atoms with Crippen molar-refractivity contribution in [1.29, 1.82) is 0 Å². The maximum absolute atomic E-state index is 11.3. The van der Waals surface area contributed by atoms with Crippen LogP contribution in [0.5, 0.6) is 0 Å². The van der Waals surface area contributed by atoms with E-state index in [-0.39, 0.29) is 23.8 Å². The number of hydrogen-bond acceptors (Lipinski definition) is 5. The van der Waals surface area contributed by atoms with E-state index in [9.17, 15) is 9.90 Å². The molecule has 0 aliphatic carbocycles. The van der Waals surface area contributed by atoms with Crippen molar-refractivity contribution < 1.29 is 19.1 Å². The van der Waals surface area contributed by atoms with Crippen molar-refractivity contribution in [2.45, 2.75) is 33.4 Å². The number of hydrogen-bond donors (Lipinski definition) is 1. The Bertz CT molecular complexity index is 419. The molecule has 5 nitrogen and oxygen atoms in total. The Morgan fingerprint density at radius 1 is 1.47 bits per heavy atom. The number of likely N-dealkylation sites (N-methyl/N-ethyl adjacent to an activating group) is 1. The van der Waals surface area contributed by atoms with Crippen LogP contribution in [-0.4, -0.2) is 42.8 Å². The highest BCUT2D eigenvalue weighted by atomic mass is 16.5. The summed E-state index contributed by atoms with van der Waals surface area (Å²) in [5.74, 6) is 0.385. The highest BCUT2D eigenvalue weighted by molar-refractivity contribution is 5.86. The van der Waals surface area contributed by atoms with Crippen molar-refractivity contribution in [3.05, 3.63) is 23.7 Å². The topological polar surface area (TPSA) is 62.9 Å². The van der Waals surface area contributed by atoms with Crippen LogP contribution in [0.1, 0.15) is 37.1 Å². The van der Waals surface area contributed by atoms with Crippen LogP contribution in [-0.2, 0) is 11.3 Å². The monoisotopic (exact) mass is 269 g/mol. The van der Waals surface area contributed by atoms with Crippen LogP contribution < -0.4 is 0 Å². The van der Waals surface area contributed by atoms with Gasteiger partial charge in [0.1, 0.15) is 5.76 Å². The minimum Gasteiger partial charge on any atom is -0.463 e. The summed E-state index contributed by atoms with van der Waals surface area (Å²) in [4.78, 5) is 13.3. The van der Waals surface area contributed by atoms with Crippen LogP contribution in [0.4, 0.5) is 0 Å². The normalized spacial score (nSPS) is 13.6. The maximum atomic E-state index is 11.3. The second-order valence-corrected chi connectivity index (χ2v) is 5.74. The molecule has 5 heteroatoms. The maximum Gasteiger partial charge on any atom is 0.373 e. The molecule has 0 saturated heterocycles. The third-order valence-electron chi connectivity index (χ3n) is 3.16. The first-order chi connectivity index (χ1) is 8.79. The zero-order chi connectivity index (χ0) is 14.6. The summed E-state index contributed by atoms with van der Waals surface area (Å²) >= 11 is 0. The molecule has 1 N–H and O–H groups in total. The molecule has 108 valence electrons. The lowest BCUT2D eigenvalue weighted by Crippen LogP contribution is -2.43. The van der Waals surface area contributed by atoms with Crippen LogP contribution in [0.2, 0.25) is 0 Å². The molecule has 1 atom stereocenters. The highest BCUT2D eigenvalue weighted by Crippen LogP contribution is 2.24. The fourth-order valence-electron chi connectivity index (χ4n) is 2.10. The number of nitrogens with zero attached hydrogens (tertiary/aromatic N) is 1. The van der Waals surface area contributed by atoms with E-state index < -0.39 is 5.97 Å². The van der Waals surface area contributed by atoms with Crippen molar-refractivity contribution in [3.63, 3.8) is 0 Å². The van der Waals surface area contributed by atoms with E-state index in [0.717, 1.165) is 0 Å². The Balaban J connectivity index is 2.73. The summed E-state index contributed by atoms with van der Waals surface area (Å²) in [5, 5.41) is 9.50. The number of ether oxygens (including phenoxy) is 1. The summed E-state index contributed by atoms with van der Waals surface area (Å²) in [6.45, 7) is 6.83. The Kier molecular flexibility index (Phi) is 5.14. The SMILES string of the molecule is COC(=O)c1ccc(CN(C)C(CO)C(C)(C)C)o1. The first-order valence-corrected chi connectivity index (χ1v) is 6.27. The smallest absolute Gasteiger partial charge is 0.373 e. The van der Waals surface area contributed by atoms with Gasteiger partial charge in [0.25, 0.3) is 0 Å². The van der Waals surface area contributed by atoms with Gasteiger partial charge in [-0.15, -0.1) is 0 Å². The van der Waals surface area contributed by atoms with E-state index in [2.05, 4.69) is 25.5 Å². The zero-order valence-electron chi connectivity index (χ0n) is 12.3. The number of carbonyl (C=O) groups excluding carboxylic acids is 1. The molecule has 1 heterocycles. The fraction of sp³-hybridized carbons (Fsp3) is 0.643. The van der Waals surface area contributed by atoms with Gasteiger partial charge in [-0.3, -0.25) is 4.90 Å². The van der Waals surface area contributed by atoms with Gasteiger partial charge in [0.2, 0.25) is 5.76 Å². The molecule has 19 heavy (non-hydrogen) atoms. The van der Waals surface area contributed by atoms with E-state index in [0.29, 0.717) is 12.3 Å². The Morgan fingerprint density at radius 2 is 2.11 bits per heavy atom. The quantitative estimate of drug-likeness (QED) is 0.827. The molecule has 1 unspecified atom stereocenters. The van der Waals surface area contributed by atoms with Gasteiger partial charge in [0.05, 0.1) is 20.3 Å². The second kappa shape index (κ2) is 6.21. The summed E-state index contributed by atoms with van der Waals surface area (Å²) in [5.41, 5.74) is -0.0404. The number of aliphatic hydroxyl groups is 1. The average molecular weight is 269 g/mol. The van der Waals surface area contributed by atoms with Gasteiger partial charge in [-0.25, -0.2) is 4.79 Å². The van der Waals surface area contributed by atoms with E-state index >= 15 is 0 Å². The molecule has 0 aromatic carbocycles. The van der Waals surface area contributed by atoms with Crippen LogP contribution in [0, 0.1) is 5.41 Å². The van der Waals surface area contributed by atoms with Gasteiger partial charge >= 0.3 is 5.97 Å². The van der Waals surface area contributed by atoms with Crippen molar-refractivity contribution in [1.82, 2.24) is 4.90 Å². The molecule has 0 fully saturated rings. The first kappa shape index (κ1) is 15.7. The van der Waals surface area contributed by atoms with E-state index in [1.807, 2.05) is 11.9 Å². The Hall–Kier alpha value is -1.33. The van der Waals surface area contributed by atoms with Crippen LogP contribution >= 0.6 is 0 Å². The van der Waals surface area contributed by atoms with E-state index in [4.69, 9.17) is 4.42 Å². The number of rotatable bonds is 5. The minimum absolute atomic E-state index is 0.0131. The number of methoxy groups -OCH3 is 1. The lowest BCUT2D eigenvalue weighted by molar-refractivity contribution is 0.0516. The summed E-state index contributed by atoms with van der Waals surface area (Å²) in [7, 11) is 3.24. The molecule has 1 aromatic rings. The summed E-state index contributed by atoms with van der Waals surface area (Å²) in [6, 6.07) is 3.36. The lowest BCUT2D eigenvalue weighted by Gasteiger charge is -2.36. The average Bonchev–Trinajstić information content (AvgIpc) is 2.75. The predicted octanol–water partition coefficient (Wildman–Crippen LogP) is 1.91. The molecule has 0 bridgehead atoms. The molecular weight excluding hydrogens is 246 g/mol. The van der Waals surface area contributed by atoms with Gasteiger partial charge in [-0.05, 0) is 24.6 Å². The Labute approximate surface area is 114 Å². The molecular formula is C14H23NO4. The zero-order valence-corrected chi connectivity index (χ0v) is 12.3. The molecule has 0 radical (unpaired) electrons. The van der Waals surface area contributed by atoms with Gasteiger partial charge in [-0.2, -0.15) is 0 Å². The fourth-order valence-corrected chi connectivity index (χ4v) is 2.10. The second-order valence-electron chi connectivity index (χ2n) is 5.74. The Morgan fingerprint density at radius 3 is 2.58 bits per heavy atom.